The Morgan fingerprint density at radius 1 is 1.47 bits per heavy atom. The molecule has 1 atom stereocenters. The van der Waals surface area contributed by atoms with E-state index >= 15 is 0 Å². The molecule has 4 nitrogen and oxygen atoms in total. The van der Waals surface area contributed by atoms with E-state index in [0.29, 0.717) is 18.8 Å². The molecule has 0 saturated heterocycles. The molecule has 1 unspecified atom stereocenters. The summed E-state index contributed by atoms with van der Waals surface area (Å²) in [5.74, 6) is 1.34. The van der Waals surface area contributed by atoms with Crippen LogP contribution in [0.5, 0.6) is 0 Å². The average Bonchev–Trinajstić information content (AvgIpc) is 2.24. The van der Waals surface area contributed by atoms with E-state index in [0.717, 1.165) is 5.75 Å². The normalized spacial score (nSPS) is 14.7. The molecule has 0 saturated carbocycles. The molecule has 0 radical (unpaired) electrons. The maximum atomic E-state index is 11.9. The number of aliphatic hydroxyl groups is 1. The van der Waals surface area contributed by atoms with Crippen LogP contribution < -0.4 is 5.32 Å². The largest absolute Gasteiger partial charge is 0.465 e. The molecular formula is C12H25NO3S. The zero-order valence-electron chi connectivity index (χ0n) is 11.3. The number of thioether (sulfide) groups is 1. The quantitative estimate of drug-likeness (QED) is 0.487. The summed E-state index contributed by atoms with van der Waals surface area (Å²) in [5, 5.41) is 12.0. The van der Waals surface area contributed by atoms with Crippen LogP contribution in [0.2, 0.25) is 0 Å². The smallest absolute Gasteiger partial charge is 0.326 e. The molecule has 0 aliphatic heterocycles. The van der Waals surface area contributed by atoms with E-state index in [4.69, 9.17) is 9.84 Å². The van der Waals surface area contributed by atoms with E-state index in [1.54, 1.807) is 11.8 Å². The predicted molar refractivity (Wildman–Crippen MR) is 72.3 cm³/mol. The molecule has 0 amide bonds. The van der Waals surface area contributed by atoms with Crippen LogP contribution in [0.4, 0.5) is 0 Å². The third-order valence-corrected chi connectivity index (χ3v) is 3.28. The molecule has 0 aromatic heterocycles. The highest BCUT2D eigenvalue weighted by Gasteiger charge is 2.34. The van der Waals surface area contributed by atoms with Gasteiger partial charge in [0.2, 0.25) is 0 Å². The van der Waals surface area contributed by atoms with Gasteiger partial charge < -0.3 is 9.84 Å². The summed E-state index contributed by atoms with van der Waals surface area (Å²) >= 11 is 1.64. The first-order chi connectivity index (χ1) is 7.96. The molecular weight excluding hydrogens is 238 g/mol. The molecule has 17 heavy (non-hydrogen) atoms. The second kappa shape index (κ2) is 8.78. The van der Waals surface area contributed by atoms with E-state index in [1.807, 2.05) is 27.7 Å². The summed E-state index contributed by atoms with van der Waals surface area (Å²) in [6.45, 7) is 8.30. The monoisotopic (exact) mass is 263 g/mol. The summed E-state index contributed by atoms with van der Waals surface area (Å²) in [6.07, 6.45) is 0.703. The number of nitrogens with one attached hydrogen (secondary N) is 1. The van der Waals surface area contributed by atoms with Gasteiger partial charge in [-0.2, -0.15) is 11.8 Å². The molecule has 2 N–H and O–H groups in total. The van der Waals surface area contributed by atoms with Gasteiger partial charge in [-0.25, -0.2) is 0 Å². The lowest BCUT2D eigenvalue weighted by molar-refractivity contribution is -0.150. The van der Waals surface area contributed by atoms with Crippen molar-refractivity contribution in [2.45, 2.75) is 45.7 Å². The van der Waals surface area contributed by atoms with Gasteiger partial charge in [-0.15, -0.1) is 0 Å². The summed E-state index contributed by atoms with van der Waals surface area (Å²) in [6, 6.07) is 0.229. The Bertz CT molecular complexity index is 224. The molecule has 0 heterocycles. The summed E-state index contributed by atoms with van der Waals surface area (Å²) in [4.78, 5) is 11.9. The third kappa shape index (κ3) is 6.91. The first-order valence-corrected chi connectivity index (χ1v) is 7.25. The lowest BCUT2D eigenvalue weighted by Crippen LogP contribution is -2.53. The Hall–Kier alpha value is -0.260. The van der Waals surface area contributed by atoms with Crippen molar-refractivity contribution >= 4 is 17.7 Å². The standard InChI is InChI=1S/C12H25NO3S/c1-5-16-11(15)12(4,13-10(2)3)6-8-17-9-7-14/h10,13-14H,5-9H2,1-4H3. The number of hydrogen-bond acceptors (Lipinski definition) is 5. The van der Waals surface area contributed by atoms with Crippen molar-refractivity contribution in [3.8, 4) is 0 Å². The van der Waals surface area contributed by atoms with Crippen molar-refractivity contribution < 1.29 is 14.6 Å². The van der Waals surface area contributed by atoms with Crippen molar-refractivity contribution in [3.05, 3.63) is 0 Å². The highest BCUT2D eigenvalue weighted by Crippen LogP contribution is 2.17. The summed E-state index contributed by atoms with van der Waals surface area (Å²) in [7, 11) is 0. The van der Waals surface area contributed by atoms with Crippen LogP contribution in [0.15, 0.2) is 0 Å². The lowest BCUT2D eigenvalue weighted by Gasteiger charge is -2.30. The van der Waals surface area contributed by atoms with Gasteiger partial charge in [0, 0.05) is 11.8 Å². The zero-order chi connectivity index (χ0) is 13.3. The Labute approximate surface area is 108 Å². The average molecular weight is 263 g/mol. The van der Waals surface area contributed by atoms with Gasteiger partial charge >= 0.3 is 5.97 Å². The minimum absolute atomic E-state index is 0.179. The number of carbonyl (C=O) groups excluding carboxylic acids is 1. The fraction of sp³-hybridized carbons (Fsp3) is 0.917. The second-order valence-corrected chi connectivity index (χ2v) is 5.66. The van der Waals surface area contributed by atoms with Crippen LogP contribution in [-0.2, 0) is 9.53 Å². The van der Waals surface area contributed by atoms with Gasteiger partial charge in [0.1, 0.15) is 5.54 Å². The van der Waals surface area contributed by atoms with Crippen LogP contribution in [0.25, 0.3) is 0 Å². The van der Waals surface area contributed by atoms with Gasteiger partial charge in [-0.3, -0.25) is 10.1 Å². The SMILES string of the molecule is CCOC(=O)C(C)(CCSCCO)NC(C)C. The van der Waals surface area contributed by atoms with Crippen LogP contribution in [0, 0.1) is 0 Å². The Morgan fingerprint density at radius 2 is 2.12 bits per heavy atom. The predicted octanol–water partition coefficient (Wildman–Crippen LogP) is 1.42. The van der Waals surface area contributed by atoms with Crippen LogP contribution >= 0.6 is 11.8 Å². The zero-order valence-corrected chi connectivity index (χ0v) is 12.1. The Balaban J connectivity index is 4.33. The number of aliphatic hydroxyl groups excluding tert-OH is 1. The van der Waals surface area contributed by atoms with Gasteiger partial charge in [0.05, 0.1) is 13.2 Å². The maximum Gasteiger partial charge on any atom is 0.326 e. The number of hydrogen-bond donors (Lipinski definition) is 2. The molecule has 0 aliphatic rings. The Kier molecular flexibility index (Phi) is 8.64. The molecule has 0 bridgehead atoms. The molecule has 102 valence electrons. The topological polar surface area (TPSA) is 58.6 Å². The van der Waals surface area contributed by atoms with Crippen LogP contribution in [0.1, 0.15) is 34.1 Å². The molecule has 0 rings (SSSR count). The van der Waals surface area contributed by atoms with Gasteiger partial charge in [0.15, 0.2) is 0 Å². The minimum atomic E-state index is -0.632. The number of carbonyl (C=O) groups is 1. The van der Waals surface area contributed by atoms with Gasteiger partial charge in [-0.05, 0) is 39.9 Å². The van der Waals surface area contributed by atoms with Crippen LogP contribution in [0.3, 0.4) is 0 Å². The van der Waals surface area contributed by atoms with Crippen molar-refractivity contribution in [2.24, 2.45) is 0 Å². The maximum absolute atomic E-state index is 11.9. The molecule has 0 fully saturated rings. The van der Waals surface area contributed by atoms with E-state index < -0.39 is 5.54 Å². The second-order valence-electron chi connectivity index (χ2n) is 4.44. The fourth-order valence-electron chi connectivity index (χ4n) is 1.60. The van der Waals surface area contributed by atoms with Crippen molar-refractivity contribution in [2.75, 3.05) is 24.7 Å². The van der Waals surface area contributed by atoms with Gasteiger partial charge in [0.25, 0.3) is 0 Å². The molecule has 0 aliphatic carbocycles. The van der Waals surface area contributed by atoms with Crippen LogP contribution in [-0.4, -0.2) is 47.4 Å². The van der Waals surface area contributed by atoms with E-state index in [9.17, 15) is 4.79 Å². The van der Waals surface area contributed by atoms with E-state index in [2.05, 4.69) is 5.32 Å². The number of ether oxygens (including phenoxy) is 1. The van der Waals surface area contributed by atoms with E-state index in [1.165, 1.54) is 0 Å². The van der Waals surface area contributed by atoms with Crippen molar-refractivity contribution in [1.29, 1.82) is 0 Å². The number of rotatable bonds is 9. The van der Waals surface area contributed by atoms with Crippen molar-refractivity contribution in [3.63, 3.8) is 0 Å². The molecule has 0 aromatic rings. The first kappa shape index (κ1) is 16.7. The highest BCUT2D eigenvalue weighted by atomic mass is 32.2. The highest BCUT2D eigenvalue weighted by molar-refractivity contribution is 7.99. The summed E-state index contributed by atoms with van der Waals surface area (Å²) in [5.41, 5.74) is -0.632. The Morgan fingerprint density at radius 3 is 2.59 bits per heavy atom. The lowest BCUT2D eigenvalue weighted by atomic mass is 9.98. The summed E-state index contributed by atoms with van der Waals surface area (Å²) < 4.78 is 5.10. The van der Waals surface area contributed by atoms with Crippen molar-refractivity contribution in [1.82, 2.24) is 5.32 Å². The molecule has 5 heteroatoms. The van der Waals surface area contributed by atoms with Gasteiger partial charge in [-0.1, -0.05) is 0 Å². The van der Waals surface area contributed by atoms with E-state index in [-0.39, 0.29) is 18.6 Å². The molecule has 0 spiro atoms. The first-order valence-electron chi connectivity index (χ1n) is 6.09. The third-order valence-electron chi connectivity index (χ3n) is 2.32. The fourth-order valence-corrected chi connectivity index (χ4v) is 2.49. The minimum Gasteiger partial charge on any atom is -0.465 e. The molecule has 0 aromatic carbocycles. The number of esters is 1.